The van der Waals surface area contributed by atoms with Crippen molar-refractivity contribution in [2.45, 2.75) is 51.3 Å². The monoisotopic (exact) mass is 566 g/mol. The number of likely N-dealkylation sites (tertiary alicyclic amines) is 1. The SMILES string of the molecule is CN(C)[C@@H](C(=O)N1CCC[C@H]1C(=O)Nc1ccc(C#Cc2ccc(NC(=O)OC(C)(C)C)cc2)cc1)c1ccccc1. The van der Waals surface area contributed by atoms with Crippen LogP contribution in [0, 0.1) is 11.8 Å². The second kappa shape index (κ2) is 13.4. The molecule has 3 aromatic rings. The highest BCUT2D eigenvalue weighted by Gasteiger charge is 2.38. The topological polar surface area (TPSA) is 91.0 Å². The molecular formula is C34H38N4O4. The van der Waals surface area contributed by atoms with Crippen LogP contribution in [0.25, 0.3) is 0 Å². The molecule has 8 nitrogen and oxygen atoms in total. The van der Waals surface area contributed by atoms with E-state index in [0.717, 1.165) is 23.1 Å². The maximum Gasteiger partial charge on any atom is 0.412 e. The van der Waals surface area contributed by atoms with E-state index in [1.165, 1.54) is 0 Å². The van der Waals surface area contributed by atoms with Crippen molar-refractivity contribution < 1.29 is 19.1 Å². The smallest absolute Gasteiger partial charge is 0.412 e. The van der Waals surface area contributed by atoms with Gasteiger partial charge in [-0.15, -0.1) is 0 Å². The number of amides is 3. The van der Waals surface area contributed by atoms with E-state index in [1.807, 2.05) is 106 Å². The lowest BCUT2D eigenvalue weighted by Gasteiger charge is -2.31. The summed E-state index contributed by atoms with van der Waals surface area (Å²) in [5, 5.41) is 5.67. The Labute approximate surface area is 248 Å². The predicted octanol–water partition coefficient (Wildman–Crippen LogP) is 5.67. The van der Waals surface area contributed by atoms with Gasteiger partial charge >= 0.3 is 6.09 Å². The first-order valence-electron chi connectivity index (χ1n) is 14.0. The molecule has 1 heterocycles. The van der Waals surface area contributed by atoms with Crippen molar-refractivity contribution in [2.75, 3.05) is 31.3 Å². The molecule has 1 aliphatic heterocycles. The molecular weight excluding hydrogens is 528 g/mol. The molecule has 0 bridgehead atoms. The van der Waals surface area contributed by atoms with Gasteiger partial charge in [-0.3, -0.25) is 19.8 Å². The summed E-state index contributed by atoms with van der Waals surface area (Å²) in [4.78, 5) is 42.3. The summed E-state index contributed by atoms with van der Waals surface area (Å²) in [7, 11) is 3.76. The van der Waals surface area contributed by atoms with Crippen LogP contribution in [-0.2, 0) is 14.3 Å². The maximum absolute atomic E-state index is 13.6. The fourth-order valence-electron chi connectivity index (χ4n) is 4.82. The Morgan fingerprint density at radius 1 is 0.857 bits per heavy atom. The third-order valence-electron chi connectivity index (χ3n) is 6.74. The number of likely N-dealkylation sites (N-methyl/N-ethyl adjacent to an activating group) is 1. The first kappa shape index (κ1) is 30.4. The zero-order valence-electron chi connectivity index (χ0n) is 24.8. The molecule has 0 saturated carbocycles. The Hall–Kier alpha value is -4.61. The van der Waals surface area contributed by atoms with Crippen molar-refractivity contribution in [1.82, 2.24) is 9.80 Å². The van der Waals surface area contributed by atoms with E-state index in [2.05, 4.69) is 22.5 Å². The fourth-order valence-corrected chi connectivity index (χ4v) is 4.82. The van der Waals surface area contributed by atoms with E-state index in [9.17, 15) is 14.4 Å². The van der Waals surface area contributed by atoms with Gasteiger partial charge in [-0.2, -0.15) is 0 Å². The average molecular weight is 567 g/mol. The van der Waals surface area contributed by atoms with Crippen LogP contribution in [0.4, 0.5) is 16.2 Å². The van der Waals surface area contributed by atoms with Crippen LogP contribution in [0.3, 0.4) is 0 Å². The summed E-state index contributed by atoms with van der Waals surface area (Å²) >= 11 is 0. The van der Waals surface area contributed by atoms with Gasteiger partial charge in [0.1, 0.15) is 17.7 Å². The Balaban J connectivity index is 1.35. The number of nitrogens with one attached hydrogen (secondary N) is 2. The van der Waals surface area contributed by atoms with Gasteiger partial charge in [-0.25, -0.2) is 4.79 Å². The summed E-state index contributed by atoms with van der Waals surface area (Å²) < 4.78 is 5.27. The number of hydrogen-bond acceptors (Lipinski definition) is 5. The highest BCUT2D eigenvalue weighted by Crippen LogP contribution is 2.27. The lowest BCUT2D eigenvalue weighted by Crippen LogP contribution is -2.47. The first-order valence-corrected chi connectivity index (χ1v) is 14.0. The quantitative estimate of drug-likeness (QED) is 0.376. The molecule has 0 radical (unpaired) electrons. The van der Waals surface area contributed by atoms with Crippen molar-refractivity contribution >= 4 is 29.3 Å². The number of anilines is 2. The van der Waals surface area contributed by atoms with Crippen LogP contribution in [-0.4, -0.2) is 60.0 Å². The molecule has 1 saturated heterocycles. The number of hydrogen-bond donors (Lipinski definition) is 2. The van der Waals surface area contributed by atoms with Gasteiger partial charge in [-0.1, -0.05) is 42.2 Å². The molecule has 42 heavy (non-hydrogen) atoms. The van der Waals surface area contributed by atoms with E-state index in [0.29, 0.717) is 24.3 Å². The Bertz CT molecular complexity index is 1450. The maximum atomic E-state index is 13.6. The number of ether oxygens (including phenoxy) is 1. The van der Waals surface area contributed by atoms with E-state index in [4.69, 9.17) is 4.74 Å². The minimum absolute atomic E-state index is 0.0665. The summed E-state index contributed by atoms with van der Waals surface area (Å²) in [5.41, 5.74) is 3.19. The van der Waals surface area contributed by atoms with Crippen molar-refractivity contribution in [3.8, 4) is 11.8 Å². The minimum atomic E-state index is -0.568. The molecule has 0 aliphatic carbocycles. The summed E-state index contributed by atoms with van der Waals surface area (Å²) in [5.74, 6) is 5.97. The summed E-state index contributed by atoms with van der Waals surface area (Å²) in [6.07, 6.45) is 0.902. The van der Waals surface area contributed by atoms with Crippen LogP contribution in [0.2, 0.25) is 0 Å². The van der Waals surface area contributed by atoms with Crippen molar-refractivity contribution in [3.05, 3.63) is 95.6 Å². The average Bonchev–Trinajstić information content (AvgIpc) is 3.43. The van der Waals surface area contributed by atoms with Crippen molar-refractivity contribution in [3.63, 3.8) is 0 Å². The Kier molecular flexibility index (Phi) is 9.66. The molecule has 0 aromatic heterocycles. The molecule has 218 valence electrons. The molecule has 0 spiro atoms. The first-order chi connectivity index (χ1) is 20.0. The largest absolute Gasteiger partial charge is 0.444 e. The lowest BCUT2D eigenvalue weighted by atomic mass is 10.0. The molecule has 2 N–H and O–H groups in total. The van der Waals surface area contributed by atoms with Gasteiger partial charge in [0.25, 0.3) is 0 Å². The molecule has 8 heteroatoms. The molecule has 0 unspecified atom stereocenters. The molecule has 1 fully saturated rings. The van der Waals surface area contributed by atoms with Crippen molar-refractivity contribution in [2.24, 2.45) is 0 Å². The number of rotatable bonds is 6. The summed E-state index contributed by atoms with van der Waals surface area (Å²) in [6.45, 7) is 5.99. The molecule has 2 atom stereocenters. The Morgan fingerprint density at radius 3 is 1.93 bits per heavy atom. The lowest BCUT2D eigenvalue weighted by molar-refractivity contribution is -0.140. The van der Waals surface area contributed by atoms with Crippen LogP contribution < -0.4 is 10.6 Å². The predicted molar refractivity (Wildman–Crippen MR) is 165 cm³/mol. The fraction of sp³-hybridized carbons (Fsp3) is 0.324. The third-order valence-corrected chi connectivity index (χ3v) is 6.74. The van der Waals surface area contributed by atoms with Gasteiger partial charge in [0.15, 0.2) is 0 Å². The van der Waals surface area contributed by atoms with E-state index in [1.54, 1.807) is 17.0 Å². The highest BCUT2D eigenvalue weighted by atomic mass is 16.6. The minimum Gasteiger partial charge on any atom is -0.444 e. The number of nitrogens with zero attached hydrogens (tertiary/aromatic N) is 2. The van der Waals surface area contributed by atoms with Gasteiger partial charge in [0.2, 0.25) is 11.8 Å². The molecule has 4 rings (SSSR count). The molecule has 3 aromatic carbocycles. The van der Waals surface area contributed by atoms with Crippen LogP contribution in [0.15, 0.2) is 78.9 Å². The van der Waals surface area contributed by atoms with E-state index in [-0.39, 0.29) is 11.8 Å². The Morgan fingerprint density at radius 2 is 1.40 bits per heavy atom. The van der Waals surface area contributed by atoms with Crippen LogP contribution >= 0.6 is 0 Å². The van der Waals surface area contributed by atoms with Crippen LogP contribution in [0.1, 0.15) is 56.3 Å². The zero-order chi connectivity index (χ0) is 30.3. The van der Waals surface area contributed by atoms with Gasteiger partial charge in [-0.05, 0) is 102 Å². The third kappa shape index (κ3) is 8.21. The van der Waals surface area contributed by atoms with Crippen molar-refractivity contribution in [1.29, 1.82) is 0 Å². The molecule has 1 aliphatic rings. The number of carbonyl (C=O) groups is 3. The van der Waals surface area contributed by atoms with Gasteiger partial charge in [0, 0.05) is 29.0 Å². The zero-order valence-corrected chi connectivity index (χ0v) is 24.8. The highest BCUT2D eigenvalue weighted by molar-refractivity contribution is 5.98. The van der Waals surface area contributed by atoms with Gasteiger partial charge in [0.05, 0.1) is 0 Å². The molecule has 3 amide bonds. The number of benzene rings is 3. The van der Waals surface area contributed by atoms with Crippen LogP contribution in [0.5, 0.6) is 0 Å². The standard InChI is InChI=1S/C34H38N4O4/c1-34(2,3)42-33(41)36-28-21-17-25(18-22-28)14-13-24-15-19-27(20-16-24)35-31(39)29-12-9-23-38(29)32(40)30(37(4)5)26-10-7-6-8-11-26/h6-8,10-11,15-22,29-30H,9,12,23H2,1-5H3,(H,35,39)(H,36,41)/t29-,30+/m0/s1. The van der Waals surface area contributed by atoms with E-state index < -0.39 is 23.8 Å². The second-order valence-electron chi connectivity index (χ2n) is 11.5. The van der Waals surface area contributed by atoms with E-state index >= 15 is 0 Å². The van der Waals surface area contributed by atoms with Gasteiger partial charge < -0.3 is 15.0 Å². The second-order valence-corrected chi connectivity index (χ2v) is 11.5. The summed E-state index contributed by atoms with van der Waals surface area (Å²) in [6, 6.07) is 23.2. The number of carbonyl (C=O) groups excluding carboxylic acids is 3. The normalized spacial score (nSPS) is 15.4.